The topological polar surface area (TPSA) is 43.9 Å². The van der Waals surface area contributed by atoms with Crippen molar-refractivity contribution in [1.29, 1.82) is 0 Å². The van der Waals surface area contributed by atoms with Gasteiger partial charge in [0.15, 0.2) is 6.29 Å². The van der Waals surface area contributed by atoms with Gasteiger partial charge in [0.05, 0.1) is 17.3 Å². The first-order chi connectivity index (χ1) is 12.3. The molecule has 3 aliphatic rings. The van der Waals surface area contributed by atoms with Crippen LogP contribution in [0.5, 0.6) is 0 Å². The molecule has 2 amide bonds. The Bertz CT molecular complexity index is 851. The van der Waals surface area contributed by atoms with E-state index in [0.29, 0.717) is 12.1 Å². The summed E-state index contributed by atoms with van der Waals surface area (Å²) in [6.45, 7) is 1.37. The summed E-state index contributed by atoms with van der Waals surface area (Å²) >= 11 is 0. The zero-order chi connectivity index (χ0) is 17.0. The Morgan fingerprint density at radius 3 is 2.56 bits per heavy atom. The van der Waals surface area contributed by atoms with E-state index in [0.717, 1.165) is 30.6 Å². The fraction of sp³-hybridized carbons (Fsp3) is 0.300. The molecule has 0 N–H and O–H groups in total. The van der Waals surface area contributed by atoms with Crippen LogP contribution in [-0.2, 0) is 11.3 Å². The second kappa shape index (κ2) is 5.43. The number of carbonyl (C=O) groups excluding carboxylic acids is 2. The quantitative estimate of drug-likeness (QED) is 0.848. The molecule has 0 spiro atoms. The number of fused-ring (bicyclic) bond motifs is 5. The molecule has 0 radical (unpaired) electrons. The third-order valence-corrected chi connectivity index (χ3v) is 5.47. The summed E-state index contributed by atoms with van der Waals surface area (Å²) in [4.78, 5) is 32.1. The van der Waals surface area contributed by atoms with Crippen molar-refractivity contribution in [2.45, 2.75) is 31.7 Å². The molecule has 2 aromatic carbocycles. The minimum atomic E-state index is -0.303. The third-order valence-electron chi connectivity index (χ3n) is 5.47. The summed E-state index contributed by atoms with van der Waals surface area (Å²) < 4.78 is 0. The highest BCUT2D eigenvalue weighted by molar-refractivity contribution is 6.10. The molecule has 2 atom stereocenters. The molecule has 5 nitrogen and oxygen atoms in total. The monoisotopic (exact) mass is 333 g/mol. The second-order valence-corrected chi connectivity index (χ2v) is 6.89. The highest BCUT2D eigenvalue weighted by atomic mass is 16.2. The summed E-state index contributed by atoms with van der Waals surface area (Å²) in [5.41, 5.74) is 2.44. The van der Waals surface area contributed by atoms with Crippen molar-refractivity contribution in [3.8, 4) is 0 Å². The van der Waals surface area contributed by atoms with Gasteiger partial charge in [-0.15, -0.1) is 0 Å². The van der Waals surface area contributed by atoms with E-state index in [1.165, 1.54) is 0 Å². The van der Waals surface area contributed by atoms with E-state index in [9.17, 15) is 9.59 Å². The number of amides is 2. The van der Waals surface area contributed by atoms with E-state index in [-0.39, 0.29) is 24.1 Å². The number of anilines is 1. The molecule has 0 unspecified atom stereocenters. The van der Waals surface area contributed by atoms with Crippen LogP contribution in [0.25, 0.3) is 0 Å². The first-order valence-corrected chi connectivity index (χ1v) is 8.78. The lowest BCUT2D eigenvalue weighted by atomic mass is 10.1. The summed E-state index contributed by atoms with van der Waals surface area (Å²) in [5, 5.41) is 0. The molecular formula is C20H19N3O2. The highest BCUT2D eigenvalue weighted by Gasteiger charge is 2.55. The van der Waals surface area contributed by atoms with Crippen molar-refractivity contribution in [3.63, 3.8) is 0 Å². The van der Waals surface area contributed by atoms with Crippen LogP contribution >= 0.6 is 0 Å². The van der Waals surface area contributed by atoms with Crippen LogP contribution in [0.4, 0.5) is 5.69 Å². The molecule has 25 heavy (non-hydrogen) atoms. The number of carbonyl (C=O) groups is 2. The first kappa shape index (κ1) is 14.7. The number of nitrogens with zero attached hydrogens (tertiary/aromatic N) is 3. The Morgan fingerprint density at radius 1 is 0.960 bits per heavy atom. The van der Waals surface area contributed by atoms with Gasteiger partial charge in [-0.2, -0.15) is 0 Å². The highest BCUT2D eigenvalue weighted by Crippen LogP contribution is 2.41. The summed E-state index contributed by atoms with van der Waals surface area (Å²) in [6, 6.07) is 17.4. The van der Waals surface area contributed by atoms with Crippen molar-refractivity contribution in [2.75, 3.05) is 11.4 Å². The van der Waals surface area contributed by atoms with Gasteiger partial charge in [-0.3, -0.25) is 19.4 Å². The van der Waals surface area contributed by atoms with Crippen LogP contribution < -0.4 is 4.90 Å². The van der Waals surface area contributed by atoms with Gasteiger partial charge < -0.3 is 4.90 Å². The second-order valence-electron chi connectivity index (χ2n) is 6.89. The lowest BCUT2D eigenvalue weighted by Crippen LogP contribution is -2.58. The number of para-hydroxylation sites is 1. The fourth-order valence-corrected chi connectivity index (χ4v) is 4.37. The molecule has 5 rings (SSSR count). The zero-order valence-electron chi connectivity index (χ0n) is 13.8. The van der Waals surface area contributed by atoms with E-state index in [2.05, 4.69) is 4.90 Å². The molecule has 0 bridgehead atoms. The van der Waals surface area contributed by atoms with Crippen LogP contribution in [0.15, 0.2) is 54.6 Å². The normalized spacial score (nSPS) is 25.1. The van der Waals surface area contributed by atoms with Crippen LogP contribution in [0.3, 0.4) is 0 Å². The molecule has 0 aliphatic carbocycles. The van der Waals surface area contributed by atoms with Crippen molar-refractivity contribution in [1.82, 2.24) is 9.80 Å². The van der Waals surface area contributed by atoms with Crippen LogP contribution in [0, 0.1) is 0 Å². The molecule has 0 aromatic heterocycles. The summed E-state index contributed by atoms with van der Waals surface area (Å²) in [5.74, 6) is 0.126. The van der Waals surface area contributed by atoms with Gasteiger partial charge in [-0.25, -0.2) is 0 Å². The van der Waals surface area contributed by atoms with Gasteiger partial charge in [0.25, 0.3) is 5.91 Å². The first-order valence-electron chi connectivity index (χ1n) is 8.78. The molecule has 0 saturated carbocycles. The van der Waals surface area contributed by atoms with Gasteiger partial charge in [0.2, 0.25) is 5.91 Å². The molecule has 126 valence electrons. The average molecular weight is 333 g/mol. The molecule has 3 heterocycles. The van der Waals surface area contributed by atoms with Crippen molar-refractivity contribution in [2.24, 2.45) is 0 Å². The van der Waals surface area contributed by atoms with Gasteiger partial charge in [0.1, 0.15) is 0 Å². The Kier molecular flexibility index (Phi) is 3.18. The lowest BCUT2D eigenvalue weighted by molar-refractivity contribution is -0.119. The predicted molar refractivity (Wildman–Crippen MR) is 93.8 cm³/mol. The minimum absolute atomic E-state index is 0.000975. The average Bonchev–Trinajstić information content (AvgIpc) is 3.22. The third kappa shape index (κ3) is 2.05. The van der Waals surface area contributed by atoms with Crippen molar-refractivity contribution < 1.29 is 9.59 Å². The smallest absolute Gasteiger partial charge is 0.258 e. The van der Waals surface area contributed by atoms with Crippen molar-refractivity contribution >= 4 is 17.5 Å². The van der Waals surface area contributed by atoms with Crippen LogP contribution in [0.2, 0.25) is 0 Å². The fourth-order valence-electron chi connectivity index (χ4n) is 4.37. The largest absolute Gasteiger partial charge is 0.300 e. The van der Waals surface area contributed by atoms with E-state index in [1.54, 1.807) is 0 Å². The maximum absolute atomic E-state index is 13.2. The molecule has 2 fully saturated rings. The van der Waals surface area contributed by atoms with Crippen LogP contribution in [-0.4, -0.2) is 40.5 Å². The molecule has 2 aromatic rings. The zero-order valence-corrected chi connectivity index (χ0v) is 13.8. The summed E-state index contributed by atoms with van der Waals surface area (Å²) in [7, 11) is 0. The Labute approximate surface area is 146 Å². The number of hydrogen-bond acceptors (Lipinski definition) is 3. The Balaban J connectivity index is 1.63. The number of rotatable bonds is 2. The van der Waals surface area contributed by atoms with Gasteiger partial charge in [-0.1, -0.05) is 42.5 Å². The van der Waals surface area contributed by atoms with Gasteiger partial charge in [0, 0.05) is 13.1 Å². The lowest BCUT2D eigenvalue weighted by Gasteiger charge is -2.43. The predicted octanol–water partition coefficient (Wildman–Crippen LogP) is 2.44. The Morgan fingerprint density at radius 2 is 1.72 bits per heavy atom. The van der Waals surface area contributed by atoms with E-state index in [4.69, 9.17) is 0 Å². The van der Waals surface area contributed by atoms with Crippen molar-refractivity contribution in [3.05, 3.63) is 65.7 Å². The number of hydrogen-bond donors (Lipinski definition) is 0. The van der Waals surface area contributed by atoms with Crippen LogP contribution in [0.1, 0.15) is 28.8 Å². The SMILES string of the molecule is O=C1c2ccccc2N2C(=O)[C@@H]3CCCN3[C@H]2N1Cc1ccccc1. The molecular weight excluding hydrogens is 314 g/mol. The molecule has 5 heteroatoms. The van der Waals surface area contributed by atoms with Gasteiger partial charge >= 0.3 is 0 Å². The molecule has 2 saturated heterocycles. The maximum Gasteiger partial charge on any atom is 0.258 e. The van der Waals surface area contributed by atoms with Gasteiger partial charge in [-0.05, 0) is 30.5 Å². The Hall–Kier alpha value is -2.66. The summed E-state index contributed by atoms with van der Waals surface area (Å²) in [6.07, 6.45) is 1.58. The minimum Gasteiger partial charge on any atom is -0.300 e. The maximum atomic E-state index is 13.2. The number of benzene rings is 2. The van der Waals surface area contributed by atoms with E-state index >= 15 is 0 Å². The van der Waals surface area contributed by atoms with E-state index < -0.39 is 0 Å². The standard InChI is InChI=1S/C20H19N3O2/c24-18-15-9-4-5-10-16(15)23-19(25)17-11-6-12-21(17)20(23)22(18)13-14-7-2-1-3-8-14/h1-5,7-10,17,20H,6,11-13H2/t17-,20-/m0/s1. The van der Waals surface area contributed by atoms with E-state index in [1.807, 2.05) is 64.4 Å². The molecule has 3 aliphatic heterocycles.